The van der Waals surface area contributed by atoms with E-state index < -0.39 is 10.0 Å². The van der Waals surface area contributed by atoms with Crippen molar-refractivity contribution in [2.24, 2.45) is 11.3 Å². The number of aliphatic hydroxyl groups excluding tert-OH is 1. The van der Waals surface area contributed by atoms with Crippen LogP contribution in [0.4, 0.5) is 0 Å². The molecule has 2 heterocycles. The van der Waals surface area contributed by atoms with Gasteiger partial charge in [-0.1, -0.05) is 6.42 Å². The van der Waals surface area contributed by atoms with E-state index in [-0.39, 0.29) is 17.8 Å². The summed E-state index contributed by atoms with van der Waals surface area (Å²) in [4.78, 5) is 3.91. The number of aliphatic hydroxyl groups is 1. The third-order valence-electron chi connectivity index (χ3n) is 4.88. The van der Waals surface area contributed by atoms with E-state index in [1.165, 1.54) is 0 Å². The molecule has 0 aromatic carbocycles. The molecule has 0 radical (unpaired) electrons. The first-order chi connectivity index (χ1) is 9.56. The normalized spacial score (nSPS) is 30.8. The molecule has 20 heavy (non-hydrogen) atoms. The molecule has 0 amide bonds. The maximum Gasteiger partial charge on any atom is 0.215 e. The highest BCUT2D eigenvalue weighted by atomic mass is 32.2. The minimum atomic E-state index is -3.25. The van der Waals surface area contributed by atoms with Gasteiger partial charge in [-0.25, -0.2) is 17.7 Å². The summed E-state index contributed by atoms with van der Waals surface area (Å²) < 4.78 is 28.2. The molecular formula is C13H21N3O3S. The number of rotatable bonds is 5. The Bertz CT molecular complexity index is 557. The molecule has 1 saturated heterocycles. The molecule has 1 aromatic heterocycles. The van der Waals surface area contributed by atoms with E-state index in [2.05, 4.69) is 4.98 Å². The van der Waals surface area contributed by atoms with Crippen molar-refractivity contribution in [1.82, 2.24) is 13.9 Å². The molecule has 1 aromatic rings. The summed E-state index contributed by atoms with van der Waals surface area (Å²) in [6.07, 6.45) is 8.13. The molecule has 2 atom stereocenters. The Morgan fingerprint density at radius 3 is 2.95 bits per heavy atom. The second-order valence-electron chi connectivity index (χ2n) is 6.02. The standard InChI is InChI=1S/C13H21N3O3S/c17-10-13-3-1-2-12(13)8-16(9-13)20(18,19)7-6-15-5-4-14-11-15/h4-5,11-12,17H,1-3,6-10H2/t12-,13+/m0/s1. The lowest BCUT2D eigenvalue weighted by Crippen LogP contribution is -2.36. The maximum atomic E-state index is 12.4. The van der Waals surface area contributed by atoms with Crippen LogP contribution in [0.2, 0.25) is 0 Å². The van der Waals surface area contributed by atoms with Crippen LogP contribution in [-0.2, 0) is 16.6 Å². The summed E-state index contributed by atoms with van der Waals surface area (Å²) in [5, 5.41) is 9.66. The van der Waals surface area contributed by atoms with Gasteiger partial charge in [-0.3, -0.25) is 0 Å². The summed E-state index contributed by atoms with van der Waals surface area (Å²) in [5.74, 6) is 0.424. The zero-order valence-corrected chi connectivity index (χ0v) is 12.3. The van der Waals surface area contributed by atoms with Crippen molar-refractivity contribution in [2.45, 2.75) is 25.8 Å². The summed E-state index contributed by atoms with van der Waals surface area (Å²) in [7, 11) is -3.25. The average molecular weight is 299 g/mol. The third-order valence-corrected chi connectivity index (χ3v) is 6.65. The fraction of sp³-hybridized carbons (Fsp3) is 0.769. The third kappa shape index (κ3) is 2.38. The smallest absolute Gasteiger partial charge is 0.215 e. The molecule has 1 aliphatic heterocycles. The van der Waals surface area contributed by atoms with E-state index in [9.17, 15) is 13.5 Å². The quantitative estimate of drug-likeness (QED) is 0.849. The van der Waals surface area contributed by atoms with E-state index in [1.54, 1.807) is 27.6 Å². The van der Waals surface area contributed by atoms with Gasteiger partial charge in [-0.05, 0) is 18.8 Å². The molecule has 0 bridgehead atoms. The molecule has 0 spiro atoms. The van der Waals surface area contributed by atoms with Crippen molar-refractivity contribution in [3.05, 3.63) is 18.7 Å². The largest absolute Gasteiger partial charge is 0.396 e. The molecule has 1 N–H and O–H groups in total. The molecule has 3 rings (SSSR count). The first-order valence-electron chi connectivity index (χ1n) is 7.10. The van der Waals surface area contributed by atoms with E-state index >= 15 is 0 Å². The molecule has 2 aliphatic rings. The highest BCUT2D eigenvalue weighted by Crippen LogP contribution is 2.48. The van der Waals surface area contributed by atoms with Gasteiger partial charge in [-0.15, -0.1) is 0 Å². The van der Waals surface area contributed by atoms with E-state index in [0.717, 1.165) is 19.3 Å². The minimum absolute atomic E-state index is 0.0948. The van der Waals surface area contributed by atoms with Gasteiger partial charge in [0.05, 0.1) is 18.7 Å². The van der Waals surface area contributed by atoms with E-state index in [4.69, 9.17) is 0 Å². The second kappa shape index (κ2) is 5.13. The summed E-state index contributed by atoms with van der Waals surface area (Å²) in [6.45, 7) is 1.59. The number of fused-ring (bicyclic) bond motifs is 1. The number of sulfonamides is 1. The van der Waals surface area contributed by atoms with Gasteiger partial charge in [0.1, 0.15) is 0 Å². The van der Waals surface area contributed by atoms with Crippen molar-refractivity contribution in [3.8, 4) is 0 Å². The second-order valence-corrected chi connectivity index (χ2v) is 8.11. The number of aryl methyl sites for hydroxylation is 1. The van der Waals surface area contributed by atoms with Gasteiger partial charge < -0.3 is 9.67 Å². The van der Waals surface area contributed by atoms with Gasteiger partial charge in [0.25, 0.3) is 0 Å². The predicted molar refractivity (Wildman–Crippen MR) is 74.4 cm³/mol. The molecule has 1 saturated carbocycles. The van der Waals surface area contributed by atoms with Gasteiger partial charge in [-0.2, -0.15) is 0 Å². The molecule has 2 fully saturated rings. The fourth-order valence-electron chi connectivity index (χ4n) is 3.60. The SMILES string of the molecule is O=S(=O)(CCn1ccnc1)N1C[C@@H]2CCC[C@]2(CO)C1. The lowest BCUT2D eigenvalue weighted by atomic mass is 9.82. The Labute approximate surface area is 119 Å². The fourth-order valence-corrected chi connectivity index (χ4v) is 5.17. The van der Waals surface area contributed by atoms with Gasteiger partial charge in [0, 0.05) is 37.4 Å². The predicted octanol–water partition coefficient (Wildman–Crippen LogP) is 0.307. The maximum absolute atomic E-state index is 12.4. The number of imidazole rings is 1. The molecule has 0 unspecified atom stereocenters. The number of hydrogen-bond acceptors (Lipinski definition) is 4. The monoisotopic (exact) mass is 299 g/mol. The molecule has 7 heteroatoms. The molecular weight excluding hydrogens is 278 g/mol. The average Bonchev–Trinajstić information content (AvgIpc) is 3.11. The van der Waals surface area contributed by atoms with Crippen LogP contribution in [0.25, 0.3) is 0 Å². The highest BCUT2D eigenvalue weighted by Gasteiger charge is 2.51. The Morgan fingerprint density at radius 1 is 1.45 bits per heavy atom. The van der Waals surface area contributed by atoms with Crippen LogP contribution in [-0.4, -0.2) is 52.8 Å². The number of nitrogens with zero attached hydrogens (tertiary/aromatic N) is 3. The Morgan fingerprint density at radius 2 is 2.30 bits per heavy atom. The van der Waals surface area contributed by atoms with Crippen LogP contribution in [0.1, 0.15) is 19.3 Å². The number of aromatic nitrogens is 2. The first kappa shape index (κ1) is 14.0. The zero-order valence-electron chi connectivity index (χ0n) is 11.5. The van der Waals surface area contributed by atoms with E-state index in [0.29, 0.717) is 25.6 Å². The van der Waals surface area contributed by atoms with Crippen LogP contribution in [0.15, 0.2) is 18.7 Å². The van der Waals surface area contributed by atoms with Crippen LogP contribution in [0.3, 0.4) is 0 Å². The van der Waals surface area contributed by atoms with Crippen molar-refractivity contribution in [1.29, 1.82) is 0 Å². The topological polar surface area (TPSA) is 75.4 Å². The Hall–Kier alpha value is -0.920. The van der Waals surface area contributed by atoms with Crippen LogP contribution >= 0.6 is 0 Å². The van der Waals surface area contributed by atoms with Crippen LogP contribution in [0.5, 0.6) is 0 Å². The van der Waals surface area contributed by atoms with Crippen LogP contribution in [0, 0.1) is 11.3 Å². The molecule has 1 aliphatic carbocycles. The van der Waals surface area contributed by atoms with Crippen LogP contribution < -0.4 is 0 Å². The van der Waals surface area contributed by atoms with E-state index in [1.807, 2.05) is 0 Å². The Balaban J connectivity index is 1.67. The summed E-state index contributed by atoms with van der Waals surface area (Å²) in [5.41, 5.74) is -0.178. The van der Waals surface area contributed by atoms with Crippen molar-refractivity contribution < 1.29 is 13.5 Å². The summed E-state index contributed by atoms with van der Waals surface area (Å²) >= 11 is 0. The molecule has 112 valence electrons. The van der Waals surface area contributed by atoms with Crippen molar-refractivity contribution in [2.75, 3.05) is 25.4 Å². The highest BCUT2D eigenvalue weighted by molar-refractivity contribution is 7.89. The lowest BCUT2D eigenvalue weighted by Gasteiger charge is -2.25. The van der Waals surface area contributed by atoms with Gasteiger partial charge in [0.2, 0.25) is 10.0 Å². The van der Waals surface area contributed by atoms with Gasteiger partial charge >= 0.3 is 0 Å². The van der Waals surface area contributed by atoms with Crippen molar-refractivity contribution >= 4 is 10.0 Å². The Kier molecular flexibility index (Phi) is 3.60. The minimum Gasteiger partial charge on any atom is -0.396 e. The van der Waals surface area contributed by atoms with Gasteiger partial charge in [0.15, 0.2) is 0 Å². The zero-order chi connectivity index (χ0) is 14.2. The lowest BCUT2D eigenvalue weighted by molar-refractivity contribution is 0.117. The number of hydrogen-bond donors (Lipinski definition) is 1. The molecule has 6 nitrogen and oxygen atoms in total. The first-order valence-corrected chi connectivity index (χ1v) is 8.71. The van der Waals surface area contributed by atoms with Crippen molar-refractivity contribution in [3.63, 3.8) is 0 Å². The summed E-state index contributed by atoms with van der Waals surface area (Å²) in [6, 6.07) is 0.